The van der Waals surface area contributed by atoms with Gasteiger partial charge < -0.3 is 10.6 Å². The molecule has 0 radical (unpaired) electrons. The van der Waals surface area contributed by atoms with Crippen molar-refractivity contribution in [3.05, 3.63) is 0 Å². The van der Waals surface area contributed by atoms with Gasteiger partial charge in [0, 0.05) is 12.6 Å². The average Bonchev–Trinajstić information content (AvgIpc) is 2.84. The lowest BCUT2D eigenvalue weighted by Crippen LogP contribution is -2.41. The van der Waals surface area contributed by atoms with Crippen molar-refractivity contribution in [2.75, 3.05) is 6.54 Å². The minimum Gasteiger partial charge on any atom is -0.338 e. The molecule has 0 aromatic carbocycles. The minimum absolute atomic E-state index is 0.0473. The Bertz CT molecular complexity index is 253. The summed E-state index contributed by atoms with van der Waals surface area (Å²) in [5.41, 5.74) is 0. The van der Waals surface area contributed by atoms with Gasteiger partial charge in [-0.1, -0.05) is 45.4 Å². The highest BCUT2D eigenvalue weighted by molar-refractivity contribution is 5.74. The molecule has 104 valence electrons. The molecule has 2 aliphatic rings. The fourth-order valence-corrected chi connectivity index (χ4v) is 3.31. The van der Waals surface area contributed by atoms with E-state index in [4.69, 9.17) is 0 Å². The standard InChI is InChI=1S/C15H28N2O/c1-12-6-8-13(9-7-12)10-11-16-15(18)17-14-4-2-3-5-14/h12-14H,2-11H2,1H3,(H2,16,17,18). The van der Waals surface area contributed by atoms with Crippen LogP contribution in [0.4, 0.5) is 4.79 Å². The number of urea groups is 1. The second-order valence-corrected chi connectivity index (χ2v) is 6.30. The first-order valence-electron chi connectivity index (χ1n) is 7.78. The molecular formula is C15H28N2O. The van der Waals surface area contributed by atoms with Gasteiger partial charge in [0.1, 0.15) is 0 Å². The molecule has 2 rings (SSSR count). The summed E-state index contributed by atoms with van der Waals surface area (Å²) in [6.45, 7) is 3.20. The van der Waals surface area contributed by atoms with Gasteiger partial charge in [-0.25, -0.2) is 4.79 Å². The first-order valence-corrected chi connectivity index (χ1v) is 7.78. The molecule has 0 bridgehead atoms. The second kappa shape index (κ2) is 7.01. The predicted molar refractivity (Wildman–Crippen MR) is 74.5 cm³/mol. The molecule has 2 amide bonds. The van der Waals surface area contributed by atoms with Crippen LogP contribution in [0.3, 0.4) is 0 Å². The van der Waals surface area contributed by atoms with Crippen LogP contribution in [0.1, 0.15) is 64.7 Å². The van der Waals surface area contributed by atoms with Crippen molar-refractivity contribution in [3.8, 4) is 0 Å². The molecule has 2 N–H and O–H groups in total. The summed E-state index contributed by atoms with van der Waals surface area (Å²) in [6.07, 6.45) is 11.5. The van der Waals surface area contributed by atoms with Gasteiger partial charge in [0.05, 0.1) is 0 Å². The zero-order valence-electron chi connectivity index (χ0n) is 11.7. The summed E-state index contributed by atoms with van der Waals surface area (Å²) in [6, 6.07) is 0.478. The van der Waals surface area contributed by atoms with Crippen molar-refractivity contribution in [3.63, 3.8) is 0 Å². The zero-order chi connectivity index (χ0) is 12.8. The maximum Gasteiger partial charge on any atom is 0.315 e. The lowest BCUT2D eigenvalue weighted by molar-refractivity contribution is 0.233. The third kappa shape index (κ3) is 4.51. The smallest absolute Gasteiger partial charge is 0.315 e. The van der Waals surface area contributed by atoms with E-state index >= 15 is 0 Å². The number of hydrogen-bond donors (Lipinski definition) is 2. The van der Waals surface area contributed by atoms with Crippen molar-refractivity contribution >= 4 is 6.03 Å². The van der Waals surface area contributed by atoms with Gasteiger partial charge in [-0.2, -0.15) is 0 Å². The summed E-state index contributed by atoms with van der Waals surface area (Å²) in [4.78, 5) is 11.7. The maximum absolute atomic E-state index is 11.7. The van der Waals surface area contributed by atoms with Crippen LogP contribution >= 0.6 is 0 Å². The largest absolute Gasteiger partial charge is 0.338 e. The molecule has 0 unspecified atom stereocenters. The highest BCUT2D eigenvalue weighted by Gasteiger charge is 2.19. The molecule has 0 heterocycles. The molecule has 2 saturated carbocycles. The molecule has 2 fully saturated rings. The van der Waals surface area contributed by atoms with Crippen molar-refractivity contribution in [2.24, 2.45) is 11.8 Å². The fourth-order valence-electron chi connectivity index (χ4n) is 3.31. The van der Waals surface area contributed by atoms with Crippen molar-refractivity contribution in [2.45, 2.75) is 70.8 Å². The maximum atomic E-state index is 11.7. The molecule has 0 spiro atoms. The van der Waals surface area contributed by atoms with E-state index in [0.29, 0.717) is 6.04 Å². The molecule has 3 nitrogen and oxygen atoms in total. The van der Waals surface area contributed by atoms with Crippen LogP contribution in [-0.4, -0.2) is 18.6 Å². The summed E-state index contributed by atoms with van der Waals surface area (Å²) in [7, 11) is 0. The van der Waals surface area contributed by atoms with E-state index < -0.39 is 0 Å². The van der Waals surface area contributed by atoms with E-state index in [-0.39, 0.29) is 6.03 Å². The zero-order valence-corrected chi connectivity index (χ0v) is 11.7. The summed E-state index contributed by atoms with van der Waals surface area (Å²) in [5, 5.41) is 6.09. The summed E-state index contributed by atoms with van der Waals surface area (Å²) in [5.74, 6) is 1.76. The van der Waals surface area contributed by atoms with Crippen LogP contribution in [0.2, 0.25) is 0 Å². The van der Waals surface area contributed by atoms with Crippen LogP contribution in [-0.2, 0) is 0 Å². The van der Waals surface area contributed by atoms with Crippen LogP contribution in [0.15, 0.2) is 0 Å². The Morgan fingerprint density at radius 1 is 1.06 bits per heavy atom. The Kier molecular flexibility index (Phi) is 5.33. The Hall–Kier alpha value is -0.730. The van der Waals surface area contributed by atoms with Crippen molar-refractivity contribution in [1.82, 2.24) is 10.6 Å². The first kappa shape index (κ1) is 13.7. The molecule has 3 heteroatoms. The second-order valence-electron chi connectivity index (χ2n) is 6.30. The van der Waals surface area contributed by atoms with Crippen LogP contribution in [0.5, 0.6) is 0 Å². The van der Waals surface area contributed by atoms with E-state index in [1.54, 1.807) is 0 Å². The molecule has 0 aromatic rings. The number of amides is 2. The Morgan fingerprint density at radius 3 is 2.39 bits per heavy atom. The van der Waals surface area contributed by atoms with E-state index in [1.165, 1.54) is 38.5 Å². The van der Waals surface area contributed by atoms with E-state index in [0.717, 1.165) is 37.6 Å². The van der Waals surface area contributed by atoms with Crippen LogP contribution in [0.25, 0.3) is 0 Å². The van der Waals surface area contributed by atoms with Crippen LogP contribution < -0.4 is 10.6 Å². The van der Waals surface area contributed by atoms with Gasteiger partial charge in [0.15, 0.2) is 0 Å². The molecule has 0 atom stereocenters. The van der Waals surface area contributed by atoms with E-state index in [2.05, 4.69) is 17.6 Å². The topological polar surface area (TPSA) is 41.1 Å². The highest BCUT2D eigenvalue weighted by atomic mass is 16.2. The molecule has 18 heavy (non-hydrogen) atoms. The van der Waals surface area contributed by atoms with Gasteiger partial charge in [0.25, 0.3) is 0 Å². The quantitative estimate of drug-likeness (QED) is 0.790. The summed E-state index contributed by atoms with van der Waals surface area (Å²) >= 11 is 0. The van der Waals surface area contributed by atoms with Gasteiger partial charge in [-0.05, 0) is 31.1 Å². The normalized spacial score (nSPS) is 29.2. The molecular weight excluding hydrogens is 224 g/mol. The third-order valence-corrected chi connectivity index (χ3v) is 4.66. The number of nitrogens with one attached hydrogen (secondary N) is 2. The van der Waals surface area contributed by atoms with Gasteiger partial charge >= 0.3 is 6.03 Å². The molecule has 0 aromatic heterocycles. The monoisotopic (exact) mass is 252 g/mol. The van der Waals surface area contributed by atoms with Crippen LogP contribution in [0, 0.1) is 11.8 Å². The van der Waals surface area contributed by atoms with Gasteiger partial charge in [-0.3, -0.25) is 0 Å². The van der Waals surface area contributed by atoms with E-state index in [9.17, 15) is 4.79 Å². The average molecular weight is 252 g/mol. The Labute approximate surface area is 111 Å². The number of carbonyl (C=O) groups is 1. The lowest BCUT2D eigenvalue weighted by Gasteiger charge is -2.26. The van der Waals surface area contributed by atoms with Gasteiger partial charge in [-0.15, -0.1) is 0 Å². The lowest BCUT2D eigenvalue weighted by atomic mass is 9.81. The molecule has 0 aliphatic heterocycles. The Balaban J connectivity index is 1.53. The predicted octanol–water partition coefficient (Wildman–Crippen LogP) is 3.44. The van der Waals surface area contributed by atoms with Gasteiger partial charge in [0.2, 0.25) is 0 Å². The molecule has 2 aliphatic carbocycles. The number of carbonyl (C=O) groups excluding carboxylic acids is 1. The minimum atomic E-state index is 0.0473. The first-order chi connectivity index (χ1) is 8.74. The van der Waals surface area contributed by atoms with E-state index in [1.807, 2.05) is 0 Å². The van der Waals surface area contributed by atoms with Crippen molar-refractivity contribution < 1.29 is 4.79 Å². The highest BCUT2D eigenvalue weighted by Crippen LogP contribution is 2.29. The number of hydrogen-bond acceptors (Lipinski definition) is 1. The fraction of sp³-hybridized carbons (Fsp3) is 0.933. The summed E-state index contributed by atoms with van der Waals surface area (Å²) < 4.78 is 0. The Morgan fingerprint density at radius 2 is 1.72 bits per heavy atom. The number of rotatable bonds is 4. The van der Waals surface area contributed by atoms with Crippen molar-refractivity contribution in [1.29, 1.82) is 0 Å². The third-order valence-electron chi connectivity index (χ3n) is 4.66. The molecule has 0 saturated heterocycles. The SMILES string of the molecule is CC1CCC(CCNC(=O)NC2CCCC2)CC1.